The molecular weight excluding hydrogens is 210 g/mol. The van der Waals surface area contributed by atoms with Gasteiger partial charge in [-0.15, -0.1) is 0 Å². The van der Waals surface area contributed by atoms with Gasteiger partial charge in [0, 0.05) is 5.30 Å². The highest BCUT2D eigenvalue weighted by molar-refractivity contribution is 7.61. The van der Waals surface area contributed by atoms with Crippen LogP contribution >= 0.6 is 7.80 Å². The third-order valence-corrected chi connectivity index (χ3v) is 3.63. The van der Waals surface area contributed by atoms with E-state index in [-0.39, 0.29) is 5.30 Å². The van der Waals surface area contributed by atoms with E-state index in [1.54, 1.807) is 42.5 Å². The van der Waals surface area contributed by atoms with Gasteiger partial charge in [-0.3, -0.25) is 4.57 Å². The number of hydrogen-bond donors (Lipinski definition) is 0. The summed E-state index contributed by atoms with van der Waals surface area (Å²) in [5, 5.41) is 0.913. The molecule has 1 atom stereocenters. The molecule has 2 rings (SSSR count). The van der Waals surface area contributed by atoms with Gasteiger partial charge in [0.1, 0.15) is 13.6 Å². The van der Waals surface area contributed by atoms with Crippen LogP contribution in [0.3, 0.4) is 0 Å². The molecule has 0 N–H and O–H groups in total. The Balaban J connectivity index is 2.42. The van der Waals surface area contributed by atoms with E-state index in [2.05, 4.69) is 0 Å². The van der Waals surface area contributed by atoms with Crippen LogP contribution in [0.2, 0.25) is 0 Å². The maximum atomic E-state index is 13.3. The molecule has 2 aromatic carbocycles. The SMILES string of the molecule is O=[P](c1ccccc1)c1ccccc1F. The molecule has 2 aromatic rings. The first-order valence-electron chi connectivity index (χ1n) is 4.56. The third kappa shape index (κ3) is 2.11. The van der Waals surface area contributed by atoms with Gasteiger partial charge in [0.05, 0.1) is 5.30 Å². The molecule has 1 nitrogen and oxygen atoms in total. The van der Waals surface area contributed by atoms with Crippen LogP contribution in [0.25, 0.3) is 0 Å². The summed E-state index contributed by atoms with van der Waals surface area (Å²) in [4.78, 5) is 0. The Morgan fingerprint density at radius 3 is 2.13 bits per heavy atom. The van der Waals surface area contributed by atoms with Crippen molar-refractivity contribution in [2.45, 2.75) is 0 Å². The largest absolute Gasteiger partial charge is 0.276 e. The molecule has 0 spiro atoms. The molecule has 1 radical (unpaired) electrons. The predicted octanol–water partition coefficient (Wildman–Crippen LogP) is 2.60. The van der Waals surface area contributed by atoms with Crippen LogP contribution in [0.15, 0.2) is 54.6 Å². The molecule has 0 aromatic heterocycles. The summed E-state index contributed by atoms with van der Waals surface area (Å²) in [6, 6.07) is 15.1. The quantitative estimate of drug-likeness (QED) is 0.709. The summed E-state index contributed by atoms with van der Waals surface area (Å²) in [5.74, 6) is -0.414. The van der Waals surface area contributed by atoms with Crippen LogP contribution in [0.1, 0.15) is 0 Å². The second-order valence-electron chi connectivity index (χ2n) is 3.08. The highest BCUT2D eigenvalue weighted by Gasteiger charge is 2.11. The second-order valence-corrected chi connectivity index (χ2v) is 4.67. The van der Waals surface area contributed by atoms with E-state index in [0.717, 1.165) is 0 Å². The van der Waals surface area contributed by atoms with Gasteiger partial charge in [0.25, 0.3) is 0 Å². The van der Waals surface area contributed by atoms with Gasteiger partial charge in [-0.25, -0.2) is 4.39 Å². The van der Waals surface area contributed by atoms with Crippen molar-refractivity contribution in [1.29, 1.82) is 0 Å². The van der Waals surface area contributed by atoms with E-state index >= 15 is 0 Å². The summed E-state index contributed by atoms with van der Waals surface area (Å²) in [6.45, 7) is 0. The molecule has 0 aliphatic carbocycles. The average Bonchev–Trinajstić information content (AvgIpc) is 2.30. The molecular formula is C12H9FOP. The molecule has 15 heavy (non-hydrogen) atoms. The van der Waals surface area contributed by atoms with E-state index in [9.17, 15) is 8.96 Å². The predicted molar refractivity (Wildman–Crippen MR) is 59.7 cm³/mol. The zero-order chi connectivity index (χ0) is 10.7. The van der Waals surface area contributed by atoms with E-state index in [0.29, 0.717) is 5.30 Å². The standard InChI is InChI=1S/C12H9FOP/c13-11-8-4-5-9-12(11)15(14)10-6-2-1-3-7-10/h1-9H. The molecule has 0 aliphatic rings. The smallest absolute Gasteiger partial charge is 0.139 e. The van der Waals surface area contributed by atoms with E-state index in [4.69, 9.17) is 0 Å². The van der Waals surface area contributed by atoms with Crippen molar-refractivity contribution in [3.63, 3.8) is 0 Å². The average molecular weight is 219 g/mol. The molecule has 0 amide bonds. The number of rotatable bonds is 2. The molecule has 0 saturated carbocycles. The fourth-order valence-corrected chi connectivity index (χ4v) is 2.53. The molecule has 1 unspecified atom stereocenters. The van der Waals surface area contributed by atoms with Crippen molar-refractivity contribution in [3.05, 3.63) is 60.4 Å². The first-order chi connectivity index (χ1) is 7.29. The molecule has 0 aliphatic heterocycles. The fourth-order valence-electron chi connectivity index (χ4n) is 1.32. The van der Waals surface area contributed by atoms with Gasteiger partial charge in [0.2, 0.25) is 0 Å². The van der Waals surface area contributed by atoms with E-state index < -0.39 is 13.6 Å². The summed E-state index contributed by atoms with van der Waals surface area (Å²) >= 11 is 0. The van der Waals surface area contributed by atoms with Crippen LogP contribution in [0, 0.1) is 5.82 Å². The second kappa shape index (κ2) is 4.33. The lowest BCUT2D eigenvalue weighted by Gasteiger charge is -2.01. The van der Waals surface area contributed by atoms with Gasteiger partial charge in [0.15, 0.2) is 0 Å². The normalized spacial score (nSPS) is 11.1. The van der Waals surface area contributed by atoms with Crippen LogP contribution in [-0.2, 0) is 4.57 Å². The lowest BCUT2D eigenvalue weighted by atomic mass is 10.3. The van der Waals surface area contributed by atoms with Gasteiger partial charge in [-0.05, 0) is 24.3 Å². The Labute approximate surface area is 88.4 Å². The van der Waals surface area contributed by atoms with Crippen molar-refractivity contribution in [2.24, 2.45) is 0 Å². The first kappa shape index (κ1) is 10.0. The first-order valence-corrected chi connectivity index (χ1v) is 5.82. The Hall–Kier alpha value is -1.53. The molecule has 0 bridgehead atoms. The number of hydrogen-bond acceptors (Lipinski definition) is 1. The summed E-state index contributed by atoms with van der Waals surface area (Å²) in [6.07, 6.45) is 0. The van der Waals surface area contributed by atoms with Crippen molar-refractivity contribution in [2.75, 3.05) is 0 Å². The minimum absolute atomic E-state index is 0.263. The van der Waals surface area contributed by atoms with Gasteiger partial charge < -0.3 is 0 Å². The van der Waals surface area contributed by atoms with Crippen LogP contribution < -0.4 is 10.6 Å². The lowest BCUT2D eigenvalue weighted by Crippen LogP contribution is -2.09. The highest BCUT2D eigenvalue weighted by atomic mass is 31.1. The zero-order valence-electron chi connectivity index (χ0n) is 7.93. The number of benzene rings is 2. The maximum Gasteiger partial charge on any atom is 0.139 e. The molecule has 75 valence electrons. The number of halogens is 1. The monoisotopic (exact) mass is 219 g/mol. The molecule has 3 heteroatoms. The molecule has 0 fully saturated rings. The summed E-state index contributed by atoms with van der Waals surface area (Å²) in [5.41, 5.74) is 0. The Morgan fingerprint density at radius 1 is 0.867 bits per heavy atom. The fraction of sp³-hybridized carbons (Fsp3) is 0. The zero-order valence-corrected chi connectivity index (χ0v) is 8.82. The van der Waals surface area contributed by atoms with Gasteiger partial charge >= 0.3 is 0 Å². The van der Waals surface area contributed by atoms with Gasteiger partial charge in [-0.2, -0.15) is 0 Å². The van der Waals surface area contributed by atoms with Crippen LogP contribution in [-0.4, -0.2) is 0 Å². The summed E-state index contributed by atoms with van der Waals surface area (Å²) in [7, 11) is -1.82. The van der Waals surface area contributed by atoms with Crippen molar-refractivity contribution in [1.82, 2.24) is 0 Å². The van der Waals surface area contributed by atoms with Crippen molar-refractivity contribution in [3.8, 4) is 0 Å². The minimum atomic E-state index is -1.82. The lowest BCUT2D eigenvalue weighted by molar-refractivity contribution is 0.594. The van der Waals surface area contributed by atoms with Gasteiger partial charge in [-0.1, -0.05) is 30.3 Å². The summed E-state index contributed by atoms with van der Waals surface area (Å²) < 4.78 is 25.3. The Kier molecular flexibility index (Phi) is 2.89. The van der Waals surface area contributed by atoms with Crippen molar-refractivity contribution < 1.29 is 8.96 Å². The maximum absolute atomic E-state index is 13.3. The molecule has 0 heterocycles. The van der Waals surface area contributed by atoms with Crippen LogP contribution in [0.5, 0.6) is 0 Å². The Bertz CT molecular complexity index is 482. The van der Waals surface area contributed by atoms with Crippen molar-refractivity contribution >= 4 is 18.4 Å². The third-order valence-electron chi connectivity index (χ3n) is 2.06. The minimum Gasteiger partial charge on any atom is -0.276 e. The Morgan fingerprint density at radius 2 is 1.47 bits per heavy atom. The highest BCUT2D eigenvalue weighted by Crippen LogP contribution is 2.20. The topological polar surface area (TPSA) is 17.1 Å². The molecule has 0 saturated heterocycles. The van der Waals surface area contributed by atoms with E-state index in [1.807, 2.05) is 6.07 Å². The van der Waals surface area contributed by atoms with Crippen LogP contribution in [0.4, 0.5) is 4.39 Å². The van der Waals surface area contributed by atoms with E-state index in [1.165, 1.54) is 6.07 Å².